The Morgan fingerprint density at radius 1 is 0.818 bits per heavy atom. The van der Waals surface area contributed by atoms with Gasteiger partial charge in [-0.2, -0.15) is 8.42 Å². The van der Waals surface area contributed by atoms with E-state index in [2.05, 4.69) is 13.8 Å². The van der Waals surface area contributed by atoms with Gasteiger partial charge >= 0.3 is 0 Å². The van der Waals surface area contributed by atoms with E-state index in [1.165, 1.54) is 44.9 Å². The van der Waals surface area contributed by atoms with Crippen LogP contribution in [0.4, 0.5) is 0 Å². The average Bonchev–Trinajstić information content (AvgIpc) is 2.46. The molecule has 0 aliphatic carbocycles. The van der Waals surface area contributed by atoms with E-state index in [-0.39, 0.29) is 4.91 Å². The largest absolute Gasteiger partial charge is 0.294 e. The minimum atomic E-state index is -4.09. The van der Waals surface area contributed by atoms with Crippen molar-refractivity contribution in [2.24, 2.45) is 0 Å². The molecule has 0 amide bonds. The van der Waals surface area contributed by atoms with Crippen molar-refractivity contribution in [2.75, 3.05) is 0 Å². The van der Waals surface area contributed by atoms with Crippen molar-refractivity contribution in [2.45, 2.75) is 90.9 Å². The molecule has 4 heteroatoms. The lowest BCUT2D eigenvalue weighted by molar-refractivity contribution is 0.492. The number of unbranched alkanes of at least 4 members (excludes halogenated alkanes) is 10. The van der Waals surface area contributed by atoms with Gasteiger partial charge in [-0.15, -0.1) is 0 Å². The van der Waals surface area contributed by atoms with Crippen molar-refractivity contribution < 1.29 is 13.0 Å². The van der Waals surface area contributed by atoms with E-state index in [1.807, 2.05) is 6.08 Å². The molecule has 130 valence electrons. The first-order chi connectivity index (χ1) is 10.5. The van der Waals surface area contributed by atoms with Crippen molar-refractivity contribution in [3.63, 3.8) is 0 Å². The topological polar surface area (TPSA) is 54.4 Å². The first-order valence-corrected chi connectivity index (χ1v) is 10.3. The highest BCUT2D eigenvalue weighted by Crippen LogP contribution is 2.13. The molecule has 22 heavy (non-hydrogen) atoms. The zero-order chi connectivity index (χ0) is 16.7. The van der Waals surface area contributed by atoms with E-state index in [0.29, 0.717) is 6.42 Å². The summed E-state index contributed by atoms with van der Waals surface area (Å²) in [6.45, 7) is 4.35. The second kappa shape index (κ2) is 14.0. The van der Waals surface area contributed by atoms with Gasteiger partial charge in [0, 0.05) is 0 Å². The molecule has 0 heterocycles. The number of rotatable bonds is 14. The number of allylic oxidation sites excluding steroid dienone is 3. The summed E-state index contributed by atoms with van der Waals surface area (Å²) in [7, 11) is -4.09. The van der Waals surface area contributed by atoms with Gasteiger partial charge in [0.05, 0.1) is 4.91 Å². The Morgan fingerprint density at radius 2 is 1.32 bits per heavy atom. The molecule has 0 rings (SSSR count). The summed E-state index contributed by atoms with van der Waals surface area (Å²) in [4.78, 5) is 0.0524. The van der Waals surface area contributed by atoms with Gasteiger partial charge in [-0.05, 0) is 31.8 Å². The minimum Gasteiger partial charge on any atom is -0.282 e. The predicted octanol–water partition coefficient (Wildman–Crippen LogP) is 6.04. The molecule has 0 radical (unpaired) electrons. The van der Waals surface area contributed by atoms with Gasteiger partial charge in [0.2, 0.25) is 0 Å². The van der Waals surface area contributed by atoms with Gasteiger partial charge in [-0.1, -0.05) is 77.4 Å². The monoisotopic (exact) mass is 330 g/mol. The maximum absolute atomic E-state index is 11.3. The molecule has 0 atom stereocenters. The first kappa shape index (κ1) is 21.4. The fraction of sp³-hybridized carbons (Fsp3) is 0.778. The van der Waals surface area contributed by atoms with Gasteiger partial charge in [0.1, 0.15) is 0 Å². The Labute approximate surface area is 137 Å². The molecule has 0 unspecified atom stereocenters. The van der Waals surface area contributed by atoms with Crippen LogP contribution >= 0.6 is 0 Å². The summed E-state index contributed by atoms with van der Waals surface area (Å²) >= 11 is 0. The molecule has 0 bridgehead atoms. The average molecular weight is 331 g/mol. The zero-order valence-electron chi connectivity index (χ0n) is 14.4. The fourth-order valence-corrected chi connectivity index (χ4v) is 2.91. The Morgan fingerprint density at radius 3 is 1.91 bits per heavy atom. The van der Waals surface area contributed by atoms with Crippen molar-refractivity contribution in [1.82, 2.24) is 0 Å². The Balaban J connectivity index is 4.12. The third kappa shape index (κ3) is 13.1. The van der Waals surface area contributed by atoms with Crippen LogP contribution in [0.3, 0.4) is 0 Å². The van der Waals surface area contributed by atoms with Gasteiger partial charge in [0.25, 0.3) is 10.1 Å². The first-order valence-electron chi connectivity index (χ1n) is 8.86. The van der Waals surface area contributed by atoms with Gasteiger partial charge < -0.3 is 0 Å². The summed E-state index contributed by atoms with van der Waals surface area (Å²) in [5, 5.41) is 0. The maximum atomic E-state index is 11.3. The van der Waals surface area contributed by atoms with Crippen LogP contribution in [-0.2, 0) is 10.1 Å². The van der Waals surface area contributed by atoms with E-state index in [9.17, 15) is 13.0 Å². The third-order valence-electron chi connectivity index (χ3n) is 3.71. The van der Waals surface area contributed by atoms with Crippen molar-refractivity contribution in [1.29, 1.82) is 0 Å². The van der Waals surface area contributed by atoms with E-state index in [1.54, 1.807) is 12.2 Å². The predicted molar refractivity (Wildman–Crippen MR) is 95.5 cm³/mol. The zero-order valence-corrected chi connectivity index (χ0v) is 15.2. The van der Waals surface area contributed by atoms with E-state index >= 15 is 0 Å². The summed E-state index contributed by atoms with van der Waals surface area (Å²) in [5.41, 5.74) is 0. The summed E-state index contributed by atoms with van der Waals surface area (Å²) < 4.78 is 31.9. The normalized spacial score (nSPS) is 13.1. The Kier molecular flexibility index (Phi) is 13.6. The third-order valence-corrected chi connectivity index (χ3v) is 4.61. The van der Waals surface area contributed by atoms with E-state index in [4.69, 9.17) is 0 Å². The molecule has 0 aliphatic rings. The maximum Gasteiger partial charge on any atom is 0.294 e. The van der Waals surface area contributed by atoms with E-state index < -0.39 is 10.1 Å². The molecular weight excluding hydrogens is 296 g/mol. The summed E-state index contributed by atoms with van der Waals surface area (Å²) in [6, 6.07) is 0. The summed E-state index contributed by atoms with van der Waals surface area (Å²) in [6.07, 6.45) is 18.3. The van der Waals surface area contributed by atoms with Crippen LogP contribution in [0.25, 0.3) is 0 Å². The quantitative estimate of drug-likeness (QED) is 0.240. The highest BCUT2D eigenvalue weighted by atomic mass is 32.2. The lowest BCUT2D eigenvalue weighted by Crippen LogP contribution is -1.99. The fourth-order valence-electron chi connectivity index (χ4n) is 2.32. The molecule has 0 spiro atoms. The molecule has 0 aromatic heterocycles. The molecule has 3 nitrogen and oxygen atoms in total. The highest BCUT2D eigenvalue weighted by molar-refractivity contribution is 7.90. The van der Waals surface area contributed by atoms with Crippen LogP contribution in [-0.4, -0.2) is 13.0 Å². The van der Waals surface area contributed by atoms with Gasteiger partial charge in [-0.25, -0.2) is 0 Å². The highest BCUT2D eigenvalue weighted by Gasteiger charge is 2.09. The number of hydrogen-bond acceptors (Lipinski definition) is 2. The van der Waals surface area contributed by atoms with Crippen molar-refractivity contribution in [3.8, 4) is 0 Å². The van der Waals surface area contributed by atoms with Crippen molar-refractivity contribution in [3.05, 3.63) is 23.1 Å². The van der Waals surface area contributed by atoms with Crippen LogP contribution in [0.5, 0.6) is 0 Å². The number of hydrogen-bond donors (Lipinski definition) is 1. The smallest absolute Gasteiger partial charge is 0.282 e. The van der Waals surface area contributed by atoms with E-state index in [0.717, 1.165) is 25.7 Å². The SMILES string of the molecule is CCCCCCC=CC(=CCCCCCCCC)S(=O)(=O)O. The van der Waals surface area contributed by atoms with Gasteiger partial charge in [0.15, 0.2) is 0 Å². The minimum absolute atomic E-state index is 0.0524. The van der Waals surface area contributed by atoms with Gasteiger partial charge in [-0.3, -0.25) is 4.55 Å². The molecule has 0 aliphatic heterocycles. The molecule has 0 saturated heterocycles. The van der Waals surface area contributed by atoms with Crippen molar-refractivity contribution >= 4 is 10.1 Å². The van der Waals surface area contributed by atoms with Crippen LogP contribution in [0.1, 0.15) is 90.9 Å². The second-order valence-corrected chi connectivity index (χ2v) is 7.31. The summed E-state index contributed by atoms with van der Waals surface area (Å²) in [5.74, 6) is 0. The molecule has 1 N–H and O–H groups in total. The Bertz CT molecular complexity index is 408. The molecular formula is C18H34O3S. The molecule has 0 aromatic rings. The standard InChI is InChI=1S/C18H34O3S/c1-3-5-7-9-11-13-15-17-18(22(19,20)21)16-14-12-10-8-6-4-2/h14,16-17H,3-13,15H2,1-2H3,(H,19,20,21). The Hall–Kier alpha value is -0.610. The lowest BCUT2D eigenvalue weighted by atomic mass is 10.1. The van der Waals surface area contributed by atoms with Crippen LogP contribution in [0.15, 0.2) is 23.1 Å². The van der Waals surface area contributed by atoms with Crippen LogP contribution in [0.2, 0.25) is 0 Å². The van der Waals surface area contributed by atoms with Crippen LogP contribution < -0.4 is 0 Å². The lowest BCUT2D eigenvalue weighted by Gasteiger charge is -2.01. The second-order valence-electron chi connectivity index (χ2n) is 5.89. The molecule has 0 aromatic carbocycles. The molecule has 0 fully saturated rings. The molecule has 0 saturated carbocycles. The van der Waals surface area contributed by atoms with Crippen LogP contribution in [0, 0.1) is 0 Å².